The van der Waals surface area contributed by atoms with E-state index in [1.807, 2.05) is 4.40 Å². The van der Waals surface area contributed by atoms with Gasteiger partial charge in [-0.15, -0.1) is 0 Å². The van der Waals surface area contributed by atoms with Gasteiger partial charge in [-0.1, -0.05) is 0 Å². The summed E-state index contributed by atoms with van der Waals surface area (Å²) in [5.41, 5.74) is 2.71. The van der Waals surface area contributed by atoms with Crippen LogP contribution in [0.25, 0.3) is 5.52 Å². The monoisotopic (exact) mass is 361 g/mol. The molecule has 112 valence electrons. The Kier molecular flexibility index (Phi) is 3.33. The first-order valence-electron chi connectivity index (χ1n) is 7.12. The maximum Gasteiger partial charge on any atom is 0.126 e. The van der Waals surface area contributed by atoms with E-state index in [-0.39, 0.29) is 5.82 Å². The lowest BCUT2D eigenvalue weighted by Crippen LogP contribution is -2.05. The molecule has 0 bridgehead atoms. The first kappa shape index (κ1) is 13.7. The Hall–Kier alpha value is -1.95. The molecule has 0 N–H and O–H groups in total. The predicted molar refractivity (Wildman–Crippen MR) is 83.7 cm³/mol. The second-order valence-corrected chi connectivity index (χ2v) is 6.13. The van der Waals surface area contributed by atoms with E-state index in [1.54, 1.807) is 24.8 Å². The lowest BCUT2D eigenvalue weighted by Gasteiger charge is -2.10. The molecular formula is C16H13BrFN3O. The molecule has 1 aromatic carbocycles. The summed E-state index contributed by atoms with van der Waals surface area (Å²) in [6.45, 7) is 0.633. The zero-order chi connectivity index (χ0) is 15.1. The van der Waals surface area contributed by atoms with Crippen molar-refractivity contribution in [2.24, 2.45) is 0 Å². The normalized spacial score (nSPS) is 13.4. The van der Waals surface area contributed by atoms with Gasteiger partial charge in [0.05, 0.1) is 22.8 Å². The van der Waals surface area contributed by atoms with Gasteiger partial charge in [-0.05, 0) is 40.0 Å². The topological polar surface area (TPSA) is 39.4 Å². The van der Waals surface area contributed by atoms with Crippen LogP contribution in [0.5, 0.6) is 5.75 Å². The van der Waals surface area contributed by atoms with E-state index in [9.17, 15) is 4.39 Å². The van der Waals surface area contributed by atoms with Crippen molar-refractivity contribution in [1.29, 1.82) is 0 Å². The van der Waals surface area contributed by atoms with Gasteiger partial charge in [0.2, 0.25) is 0 Å². The number of aryl methyl sites for hydroxylation is 1. The third-order valence-corrected chi connectivity index (χ3v) is 4.64. The molecule has 6 heteroatoms. The van der Waals surface area contributed by atoms with Gasteiger partial charge < -0.3 is 4.74 Å². The number of ether oxygens (including phenoxy) is 1. The first-order valence-corrected chi connectivity index (χ1v) is 7.92. The van der Waals surface area contributed by atoms with Gasteiger partial charge in [0.25, 0.3) is 0 Å². The fourth-order valence-corrected chi connectivity index (χ4v) is 3.34. The van der Waals surface area contributed by atoms with Gasteiger partial charge in [-0.25, -0.2) is 14.4 Å². The quantitative estimate of drug-likeness (QED) is 0.718. The Bertz CT molecular complexity index is 862. The standard InChI is InChI=1S/C16H13BrFN3O/c17-12-7-20-16(21-9-19-8-14(12)21)4-1-10-11-5-6-22-15(11)3-2-13(10)18/h2-3,7-9H,1,4-6H2. The van der Waals surface area contributed by atoms with E-state index in [0.29, 0.717) is 19.4 Å². The van der Waals surface area contributed by atoms with Crippen molar-refractivity contribution >= 4 is 21.4 Å². The molecule has 0 atom stereocenters. The Balaban J connectivity index is 1.67. The van der Waals surface area contributed by atoms with Crippen LogP contribution in [0.1, 0.15) is 17.0 Å². The average molecular weight is 362 g/mol. The minimum atomic E-state index is -0.164. The van der Waals surface area contributed by atoms with Crippen molar-refractivity contribution < 1.29 is 9.13 Å². The first-order chi connectivity index (χ1) is 10.7. The van der Waals surface area contributed by atoms with Crippen LogP contribution in [0, 0.1) is 5.82 Å². The van der Waals surface area contributed by atoms with Crippen molar-refractivity contribution in [3.63, 3.8) is 0 Å². The molecule has 0 unspecified atom stereocenters. The molecule has 1 aliphatic rings. The van der Waals surface area contributed by atoms with Crippen LogP contribution >= 0.6 is 15.9 Å². The summed E-state index contributed by atoms with van der Waals surface area (Å²) >= 11 is 3.46. The summed E-state index contributed by atoms with van der Waals surface area (Å²) in [4.78, 5) is 8.59. The summed E-state index contributed by atoms with van der Waals surface area (Å²) in [5, 5.41) is 0. The molecule has 0 saturated carbocycles. The third kappa shape index (κ3) is 2.18. The Morgan fingerprint density at radius 2 is 2.18 bits per heavy atom. The number of rotatable bonds is 3. The number of benzene rings is 1. The predicted octanol–water partition coefficient (Wildman–Crippen LogP) is 3.35. The molecule has 0 aliphatic carbocycles. The summed E-state index contributed by atoms with van der Waals surface area (Å²) < 4.78 is 22.5. The summed E-state index contributed by atoms with van der Waals surface area (Å²) in [5.74, 6) is 1.52. The summed E-state index contributed by atoms with van der Waals surface area (Å²) in [7, 11) is 0. The van der Waals surface area contributed by atoms with Crippen LogP contribution in [0.2, 0.25) is 0 Å². The maximum atomic E-state index is 14.2. The van der Waals surface area contributed by atoms with Crippen molar-refractivity contribution in [2.75, 3.05) is 6.61 Å². The van der Waals surface area contributed by atoms with Gasteiger partial charge in [-0.3, -0.25) is 4.40 Å². The molecule has 0 fully saturated rings. The number of fused-ring (bicyclic) bond motifs is 2. The van der Waals surface area contributed by atoms with Gasteiger partial charge in [0, 0.05) is 24.6 Å². The summed E-state index contributed by atoms with van der Waals surface area (Å²) in [6.07, 6.45) is 7.30. The number of halogens is 2. The van der Waals surface area contributed by atoms with Crippen LogP contribution in [-0.4, -0.2) is 21.0 Å². The zero-order valence-corrected chi connectivity index (χ0v) is 13.3. The van der Waals surface area contributed by atoms with Gasteiger partial charge in [-0.2, -0.15) is 0 Å². The van der Waals surface area contributed by atoms with E-state index in [1.165, 1.54) is 6.07 Å². The molecule has 1 aliphatic heterocycles. The third-order valence-electron chi connectivity index (χ3n) is 4.03. The molecule has 4 rings (SSSR count). The maximum absolute atomic E-state index is 14.2. The second kappa shape index (κ2) is 5.35. The van der Waals surface area contributed by atoms with Gasteiger partial charge in [0.1, 0.15) is 23.7 Å². The van der Waals surface area contributed by atoms with Crippen LogP contribution in [0.4, 0.5) is 4.39 Å². The second-order valence-electron chi connectivity index (χ2n) is 5.27. The highest BCUT2D eigenvalue weighted by atomic mass is 79.9. The van der Waals surface area contributed by atoms with Crippen LogP contribution in [-0.2, 0) is 19.3 Å². The lowest BCUT2D eigenvalue weighted by atomic mass is 10.00. The van der Waals surface area contributed by atoms with Gasteiger partial charge in [0.15, 0.2) is 0 Å². The Labute approximate surface area is 135 Å². The average Bonchev–Trinajstić information content (AvgIpc) is 3.17. The number of imidazole rings is 1. The molecule has 4 nitrogen and oxygen atoms in total. The van der Waals surface area contributed by atoms with E-state index < -0.39 is 0 Å². The lowest BCUT2D eigenvalue weighted by molar-refractivity contribution is 0.356. The highest BCUT2D eigenvalue weighted by Gasteiger charge is 2.19. The molecule has 3 heterocycles. The Morgan fingerprint density at radius 3 is 3.09 bits per heavy atom. The smallest absolute Gasteiger partial charge is 0.126 e. The van der Waals surface area contributed by atoms with Crippen molar-refractivity contribution in [3.8, 4) is 5.75 Å². The van der Waals surface area contributed by atoms with E-state index in [2.05, 4.69) is 25.9 Å². The van der Waals surface area contributed by atoms with Gasteiger partial charge >= 0.3 is 0 Å². The van der Waals surface area contributed by atoms with Crippen molar-refractivity contribution in [1.82, 2.24) is 14.4 Å². The molecule has 0 saturated heterocycles. The molecular weight excluding hydrogens is 349 g/mol. The van der Waals surface area contributed by atoms with E-state index >= 15 is 0 Å². The largest absolute Gasteiger partial charge is 0.493 e. The summed E-state index contributed by atoms with van der Waals surface area (Å²) in [6, 6.07) is 3.20. The highest BCUT2D eigenvalue weighted by Crippen LogP contribution is 2.31. The minimum Gasteiger partial charge on any atom is -0.493 e. The fourth-order valence-electron chi connectivity index (χ4n) is 2.94. The van der Waals surface area contributed by atoms with Crippen LogP contribution < -0.4 is 4.74 Å². The number of nitrogens with zero attached hydrogens (tertiary/aromatic N) is 3. The van der Waals surface area contributed by atoms with Crippen LogP contribution in [0.3, 0.4) is 0 Å². The number of hydrogen-bond donors (Lipinski definition) is 0. The number of hydrogen-bond acceptors (Lipinski definition) is 3. The number of aromatic nitrogens is 3. The fraction of sp³-hybridized carbons (Fsp3) is 0.250. The van der Waals surface area contributed by atoms with Crippen molar-refractivity contribution in [2.45, 2.75) is 19.3 Å². The van der Waals surface area contributed by atoms with E-state index in [4.69, 9.17) is 4.74 Å². The molecule has 0 radical (unpaired) electrons. The SMILES string of the molecule is Fc1ccc2c(c1CCc1ncc(Br)c3cncn13)CCO2. The molecule has 22 heavy (non-hydrogen) atoms. The van der Waals surface area contributed by atoms with E-state index in [0.717, 1.165) is 39.1 Å². The Morgan fingerprint density at radius 1 is 1.27 bits per heavy atom. The van der Waals surface area contributed by atoms with Crippen LogP contribution in [0.15, 0.2) is 35.3 Å². The molecule has 2 aromatic heterocycles. The molecule has 0 amide bonds. The molecule has 0 spiro atoms. The zero-order valence-electron chi connectivity index (χ0n) is 11.7. The highest BCUT2D eigenvalue weighted by molar-refractivity contribution is 9.10. The van der Waals surface area contributed by atoms with Crippen molar-refractivity contribution in [3.05, 3.63) is 58.1 Å². The molecule has 3 aromatic rings. The minimum absolute atomic E-state index is 0.164.